The molecule has 0 spiro atoms. The molecule has 10 heavy (non-hydrogen) atoms. The fraction of sp³-hybridized carbons (Fsp3) is 0.500. The van der Waals surface area contributed by atoms with Gasteiger partial charge in [-0.15, -0.1) is 0 Å². The average molecular weight is 139 g/mol. The predicted molar refractivity (Wildman–Crippen MR) is 36.9 cm³/mol. The van der Waals surface area contributed by atoms with Crippen molar-refractivity contribution in [2.45, 2.75) is 13.5 Å². The Morgan fingerprint density at radius 1 is 1.70 bits per heavy atom. The molecule has 0 aliphatic carbocycles. The molecule has 0 amide bonds. The maximum atomic E-state index is 5.65. The zero-order valence-corrected chi connectivity index (χ0v) is 5.79. The van der Waals surface area contributed by atoms with Crippen LogP contribution in [0.2, 0.25) is 0 Å². The van der Waals surface area contributed by atoms with E-state index in [0.29, 0.717) is 12.3 Å². The zero-order valence-electron chi connectivity index (χ0n) is 5.79. The first-order valence-electron chi connectivity index (χ1n) is 3.24. The van der Waals surface area contributed by atoms with E-state index in [0.717, 1.165) is 18.1 Å². The third-order valence-corrected chi connectivity index (χ3v) is 1.67. The van der Waals surface area contributed by atoms with E-state index in [-0.39, 0.29) is 0 Å². The minimum atomic E-state index is 0.678. The van der Waals surface area contributed by atoms with Crippen molar-refractivity contribution in [1.29, 1.82) is 0 Å². The molecule has 0 radical (unpaired) electrons. The van der Waals surface area contributed by atoms with Gasteiger partial charge in [-0.2, -0.15) is 5.10 Å². The first kappa shape index (κ1) is 5.58. The Morgan fingerprint density at radius 2 is 2.50 bits per heavy atom. The quantitative estimate of drug-likeness (QED) is 0.557. The van der Waals surface area contributed by atoms with Crippen LogP contribution in [-0.4, -0.2) is 16.4 Å². The molecule has 0 unspecified atom stereocenters. The van der Waals surface area contributed by atoms with Crippen molar-refractivity contribution in [2.75, 3.05) is 12.3 Å². The molecule has 0 fully saturated rings. The summed E-state index contributed by atoms with van der Waals surface area (Å²) in [5.41, 5.74) is 7.18. The topological polar surface area (TPSA) is 53.1 Å². The number of hydrogen-bond acceptors (Lipinski definition) is 3. The molecule has 4 nitrogen and oxygen atoms in total. The lowest BCUT2D eigenvalue weighted by Crippen LogP contribution is -1.96. The molecule has 1 aromatic heterocycles. The number of nitrogens with two attached hydrogens (primary N) is 1. The van der Waals surface area contributed by atoms with Crippen LogP contribution >= 0.6 is 0 Å². The number of hydrogen-bond donors (Lipinski definition) is 1. The SMILES string of the molecule is Cc1nn2c(c1N)OCC2. The van der Waals surface area contributed by atoms with Crippen LogP contribution in [0.5, 0.6) is 5.88 Å². The van der Waals surface area contributed by atoms with E-state index in [4.69, 9.17) is 10.5 Å². The van der Waals surface area contributed by atoms with E-state index in [2.05, 4.69) is 5.10 Å². The van der Waals surface area contributed by atoms with Crippen LogP contribution in [0.25, 0.3) is 0 Å². The number of anilines is 1. The summed E-state index contributed by atoms with van der Waals surface area (Å²) < 4.78 is 7.02. The van der Waals surface area contributed by atoms with Gasteiger partial charge in [0.05, 0.1) is 12.2 Å². The highest BCUT2D eigenvalue weighted by molar-refractivity contribution is 5.53. The molecular weight excluding hydrogens is 130 g/mol. The Balaban J connectivity index is 2.59. The number of rotatable bonds is 0. The van der Waals surface area contributed by atoms with Gasteiger partial charge in [-0.25, -0.2) is 4.68 Å². The van der Waals surface area contributed by atoms with Crippen LogP contribution in [-0.2, 0) is 6.54 Å². The molecule has 2 N–H and O–H groups in total. The first-order valence-corrected chi connectivity index (χ1v) is 3.24. The van der Waals surface area contributed by atoms with Crippen molar-refractivity contribution in [3.8, 4) is 5.88 Å². The Bertz CT molecular complexity index is 266. The smallest absolute Gasteiger partial charge is 0.236 e. The van der Waals surface area contributed by atoms with Crippen LogP contribution < -0.4 is 10.5 Å². The number of nitrogens with zero attached hydrogens (tertiary/aromatic N) is 2. The van der Waals surface area contributed by atoms with E-state index >= 15 is 0 Å². The molecule has 0 atom stereocenters. The van der Waals surface area contributed by atoms with Crippen molar-refractivity contribution in [1.82, 2.24) is 9.78 Å². The summed E-state index contributed by atoms with van der Waals surface area (Å²) >= 11 is 0. The monoisotopic (exact) mass is 139 g/mol. The van der Waals surface area contributed by atoms with E-state index in [1.165, 1.54) is 0 Å². The molecule has 0 saturated heterocycles. The first-order chi connectivity index (χ1) is 4.79. The summed E-state index contributed by atoms with van der Waals surface area (Å²) in [6, 6.07) is 0. The molecule has 0 bridgehead atoms. The van der Waals surface area contributed by atoms with Crippen LogP contribution in [0.15, 0.2) is 0 Å². The van der Waals surface area contributed by atoms with Crippen molar-refractivity contribution in [2.24, 2.45) is 0 Å². The number of aromatic nitrogens is 2. The summed E-state index contributed by atoms with van der Waals surface area (Å²) in [5, 5.41) is 4.16. The molecule has 1 aliphatic rings. The molecule has 2 rings (SSSR count). The van der Waals surface area contributed by atoms with Gasteiger partial charge < -0.3 is 10.5 Å². The van der Waals surface area contributed by atoms with Crippen LogP contribution in [0.1, 0.15) is 5.69 Å². The maximum Gasteiger partial charge on any atom is 0.236 e. The standard InChI is InChI=1S/C6H9N3O/c1-4-5(7)6-9(8-4)2-3-10-6/h2-3,7H2,1H3. The number of fused-ring (bicyclic) bond motifs is 1. The molecule has 2 heterocycles. The second-order valence-electron chi connectivity index (χ2n) is 2.38. The molecular formula is C6H9N3O. The van der Waals surface area contributed by atoms with Gasteiger partial charge in [0, 0.05) is 0 Å². The fourth-order valence-corrected chi connectivity index (χ4v) is 1.11. The summed E-state index contributed by atoms with van der Waals surface area (Å²) in [5.74, 6) is 0.734. The normalized spacial score (nSPS) is 14.9. The molecule has 0 saturated carbocycles. The van der Waals surface area contributed by atoms with E-state index in [1.807, 2.05) is 6.92 Å². The van der Waals surface area contributed by atoms with Crippen molar-refractivity contribution in [3.63, 3.8) is 0 Å². The summed E-state index contributed by atoms with van der Waals surface area (Å²) in [6.45, 7) is 3.41. The largest absolute Gasteiger partial charge is 0.474 e. The number of ether oxygens (including phenoxy) is 1. The molecule has 1 aromatic rings. The van der Waals surface area contributed by atoms with Gasteiger partial charge in [0.15, 0.2) is 0 Å². The Kier molecular flexibility index (Phi) is 0.922. The third kappa shape index (κ3) is 0.531. The van der Waals surface area contributed by atoms with Gasteiger partial charge in [-0.3, -0.25) is 0 Å². The second-order valence-corrected chi connectivity index (χ2v) is 2.38. The van der Waals surface area contributed by atoms with Gasteiger partial charge in [-0.1, -0.05) is 0 Å². The lowest BCUT2D eigenvalue weighted by molar-refractivity contribution is 0.358. The van der Waals surface area contributed by atoms with Crippen LogP contribution in [0.4, 0.5) is 5.69 Å². The van der Waals surface area contributed by atoms with E-state index in [9.17, 15) is 0 Å². The summed E-state index contributed by atoms with van der Waals surface area (Å²) in [4.78, 5) is 0. The minimum Gasteiger partial charge on any atom is -0.474 e. The lowest BCUT2D eigenvalue weighted by atomic mass is 10.4. The maximum absolute atomic E-state index is 5.65. The highest BCUT2D eigenvalue weighted by atomic mass is 16.5. The van der Waals surface area contributed by atoms with Gasteiger partial charge in [-0.05, 0) is 6.92 Å². The van der Waals surface area contributed by atoms with Gasteiger partial charge in [0.25, 0.3) is 0 Å². The third-order valence-electron chi connectivity index (χ3n) is 1.67. The van der Waals surface area contributed by atoms with Crippen molar-refractivity contribution >= 4 is 5.69 Å². The number of aryl methyl sites for hydroxylation is 1. The van der Waals surface area contributed by atoms with Crippen molar-refractivity contribution < 1.29 is 4.74 Å². The Morgan fingerprint density at radius 3 is 3.20 bits per heavy atom. The average Bonchev–Trinajstić information content (AvgIpc) is 2.41. The minimum absolute atomic E-state index is 0.678. The van der Waals surface area contributed by atoms with Gasteiger partial charge >= 0.3 is 0 Å². The highest BCUT2D eigenvalue weighted by Gasteiger charge is 2.18. The van der Waals surface area contributed by atoms with Gasteiger partial charge in [0.2, 0.25) is 5.88 Å². The second kappa shape index (κ2) is 1.65. The highest BCUT2D eigenvalue weighted by Crippen LogP contribution is 2.27. The molecule has 0 aromatic carbocycles. The molecule has 1 aliphatic heterocycles. The molecule has 4 heteroatoms. The van der Waals surface area contributed by atoms with Crippen LogP contribution in [0.3, 0.4) is 0 Å². The molecule has 54 valence electrons. The fourth-order valence-electron chi connectivity index (χ4n) is 1.11. The summed E-state index contributed by atoms with van der Waals surface area (Å²) in [6.07, 6.45) is 0. The van der Waals surface area contributed by atoms with Gasteiger partial charge in [0.1, 0.15) is 12.3 Å². The summed E-state index contributed by atoms with van der Waals surface area (Å²) in [7, 11) is 0. The zero-order chi connectivity index (χ0) is 7.14. The van der Waals surface area contributed by atoms with E-state index in [1.54, 1.807) is 4.68 Å². The Hall–Kier alpha value is -1.19. The number of nitrogen functional groups attached to an aromatic ring is 1. The lowest BCUT2D eigenvalue weighted by Gasteiger charge is -1.92. The predicted octanol–water partition coefficient (Wildman–Crippen LogP) is 0.166. The van der Waals surface area contributed by atoms with Crippen LogP contribution in [0, 0.1) is 6.92 Å². The van der Waals surface area contributed by atoms with E-state index < -0.39 is 0 Å². The Labute approximate surface area is 58.6 Å². The van der Waals surface area contributed by atoms with Crippen molar-refractivity contribution in [3.05, 3.63) is 5.69 Å².